The van der Waals surface area contributed by atoms with Crippen LogP contribution in [0.3, 0.4) is 0 Å². The Bertz CT molecular complexity index is 632. The van der Waals surface area contributed by atoms with E-state index in [0.717, 1.165) is 12.8 Å². The average Bonchev–Trinajstić information content (AvgIpc) is 2.44. The van der Waals surface area contributed by atoms with Gasteiger partial charge >= 0.3 is 0 Å². The zero-order valence-corrected chi connectivity index (χ0v) is 15.5. The number of amides is 1. The molecule has 5 nitrogen and oxygen atoms in total. The van der Waals surface area contributed by atoms with E-state index in [2.05, 4.69) is 10.0 Å². The molecule has 0 saturated carbocycles. The fourth-order valence-electron chi connectivity index (χ4n) is 2.20. The summed E-state index contributed by atoms with van der Waals surface area (Å²) < 4.78 is 27.4. The van der Waals surface area contributed by atoms with Crippen molar-refractivity contribution in [2.75, 3.05) is 0 Å². The van der Waals surface area contributed by atoms with Crippen LogP contribution in [0, 0.1) is 5.92 Å². The fraction of sp³-hybridized carbons (Fsp3) is 0.562. The molecule has 0 radical (unpaired) electrons. The third kappa shape index (κ3) is 6.12. The first-order valence-electron chi connectivity index (χ1n) is 7.75. The Morgan fingerprint density at radius 2 is 1.91 bits per heavy atom. The van der Waals surface area contributed by atoms with Gasteiger partial charge in [0.05, 0.1) is 4.90 Å². The van der Waals surface area contributed by atoms with Crippen molar-refractivity contribution in [1.29, 1.82) is 0 Å². The summed E-state index contributed by atoms with van der Waals surface area (Å²) in [5.41, 5.74) is 0. The molecule has 1 rings (SSSR count). The summed E-state index contributed by atoms with van der Waals surface area (Å²) in [5.74, 6) is -0.496. The van der Waals surface area contributed by atoms with Crippen LogP contribution < -0.4 is 10.0 Å². The second-order valence-corrected chi connectivity index (χ2v) is 8.15. The first kappa shape index (κ1) is 19.9. The van der Waals surface area contributed by atoms with Gasteiger partial charge in [0.1, 0.15) is 6.04 Å². The molecule has 23 heavy (non-hydrogen) atoms. The molecule has 1 unspecified atom stereocenters. The molecule has 0 heterocycles. The quantitative estimate of drug-likeness (QED) is 0.748. The highest BCUT2D eigenvalue weighted by Crippen LogP contribution is 2.17. The van der Waals surface area contributed by atoms with E-state index in [1.807, 2.05) is 13.8 Å². The molecule has 1 aromatic carbocycles. The van der Waals surface area contributed by atoms with Gasteiger partial charge in [-0.3, -0.25) is 4.79 Å². The molecule has 0 aliphatic carbocycles. The minimum atomic E-state index is -3.82. The van der Waals surface area contributed by atoms with Crippen molar-refractivity contribution in [3.8, 4) is 0 Å². The minimum Gasteiger partial charge on any atom is -0.352 e. The van der Waals surface area contributed by atoms with Crippen LogP contribution in [0.1, 0.15) is 40.5 Å². The van der Waals surface area contributed by atoms with Crippen molar-refractivity contribution >= 4 is 27.5 Å². The number of rotatable bonds is 8. The van der Waals surface area contributed by atoms with Gasteiger partial charge in [0.2, 0.25) is 15.9 Å². The van der Waals surface area contributed by atoms with Crippen molar-refractivity contribution in [2.45, 2.75) is 57.5 Å². The van der Waals surface area contributed by atoms with Gasteiger partial charge in [-0.15, -0.1) is 0 Å². The minimum absolute atomic E-state index is 0.00410. The van der Waals surface area contributed by atoms with Gasteiger partial charge in [-0.2, -0.15) is 4.72 Å². The topological polar surface area (TPSA) is 75.3 Å². The van der Waals surface area contributed by atoms with Crippen LogP contribution in [0.5, 0.6) is 0 Å². The van der Waals surface area contributed by atoms with Gasteiger partial charge in [0, 0.05) is 11.1 Å². The predicted molar refractivity (Wildman–Crippen MR) is 92.9 cm³/mol. The second-order valence-electron chi connectivity index (χ2n) is 6.00. The molecule has 0 bridgehead atoms. The lowest BCUT2D eigenvalue weighted by atomic mass is 10.0. The number of nitrogens with one attached hydrogen (secondary N) is 2. The predicted octanol–water partition coefficient (Wildman–Crippen LogP) is 2.95. The molecule has 0 aromatic heterocycles. The third-order valence-electron chi connectivity index (χ3n) is 3.45. The fourth-order valence-corrected chi connectivity index (χ4v) is 3.84. The molecule has 1 aromatic rings. The number of carbonyl (C=O) groups is 1. The molecule has 0 saturated heterocycles. The van der Waals surface area contributed by atoms with Crippen molar-refractivity contribution < 1.29 is 13.2 Å². The van der Waals surface area contributed by atoms with E-state index >= 15 is 0 Å². The van der Waals surface area contributed by atoms with Crippen LogP contribution >= 0.6 is 11.6 Å². The number of carbonyl (C=O) groups excluding carboxylic acids is 1. The highest BCUT2D eigenvalue weighted by atomic mass is 35.5. The van der Waals surface area contributed by atoms with E-state index < -0.39 is 16.1 Å². The summed E-state index contributed by atoms with van der Waals surface area (Å²) in [5, 5.41) is 3.18. The van der Waals surface area contributed by atoms with E-state index in [1.54, 1.807) is 26.0 Å². The Labute approximate surface area is 143 Å². The summed E-state index contributed by atoms with van der Waals surface area (Å²) in [6.07, 6.45) is 1.79. The summed E-state index contributed by atoms with van der Waals surface area (Å²) in [4.78, 5) is 12.4. The maximum atomic E-state index is 12.5. The number of benzene rings is 1. The van der Waals surface area contributed by atoms with Crippen molar-refractivity contribution in [2.24, 2.45) is 5.92 Å². The van der Waals surface area contributed by atoms with Crippen molar-refractivity contribution in [3.63, 3.8) is 0 Å². The van der Waals surface area contributed by atoms with E-state index in [4.69, 9.17) is 11.6 Å². The summed E-state index contributed by atoms with van der Waals surface area (Å²) >= 11 is 5.84. The first-order chi connectivity index (χ1) is 10.7. The van der Waals surface area contributed by atoms with Crippen molar-refractivity contribution in [3.05, 3.63) is 29.3 Å². The maximum Gasteiger partial charge on any atom is 0.241 e. The van der Waals surface area contributed by atoms with Gasteiger partial charge in [0.15, 0.2) is 0 Å². The normalized spacial score (nSPS) is 14.5. The SMILES string of the molecule is CCCC(C)NC(=O)[C@@H](NS(=O)(=O)c1cccc(Cl)c1)C(C)C. The van der Waals surface area contributed by atoms with Gasteiger partial charge in [0.25, 0.3) is 0 Å². The summed E-state index contributed by atoms with van der Waals surface area (Å²) in [6, 6.07) is 5.13. The van der Waals surface area contributed by atoms with E-state index in [0.29, 0.717) is 5.02 Å². The number of hydrogen-bond donors (Lipinski definition) is 2. The van der Waals surface area contributed by atoms with Crippen LogP contribution in [-0.2, 0) is 14.8 Å². The van der Waals surface area contributed by atoms with Gasteiger partial charge in [-0.05, 0) is 37.5 Å². The summed E-state index contributed by atoms with van der Waals surface area (Å²) in [7, 11) is -3.82. The zero-order valence-electron chi connectivity index (χ0n) is 14.0. The van der Waals surface area contributed by atoms with E-state index in [-0.39, 0.29) is 22.8 Å². The molecular formula is C16H25ClN2O3S. The molecule has 0 spiro atoms. The molecule has 130 valence electrons. The van der Waals surface area contributed by atoms with Crippen LogP contribution in [0.15, 0.2) is 29.2 Å². The molecule has 2 N–H and O–H groups in total. The Kier molecular flexibility index (Phi) is 7.51. The molecular weight excluding hydrogens is 336 g/mol. The number of hydrogen-bond acceptors (Lipinski definition) is 3. The first-order valence-corrected chi connectivity index (χ1v) is 9.61. The largest absolute Gasteiger partial charge is 0.352 e. The lowest BCUT2D eigenvalue weighted by molar-refractivity contribution is -0.124. The van der Waals surface area contributed by atoms with Gasteiger partial charge < -0.3 is 5.32 Å². The molecule has 0 fully saturated rings. The number of sulfonamides is 1. The molecule has 0 aliphatic rings. The van der Waals surface area contributed by atoms with E-state index in [1.165, 1.54) is 12.1 Å². The highest BCUT2D eigenvalue weighted by Gasteiger charge is 2.29. The second kappa shape index (κ2) is 8.66. The van der Waals surface area contributed by atoms with Crippen LogP contribution in [0.25, 0.3) is 0 Å². The molecule has 0 aliphatic heterocycles. The molecule has 2 atom stereocenters. The van der Waals surface area contributed by atoms with Gasteiger partial charge in [-0.1, -0.05) is 44.9 Å². The molecule has 1 amide bonds. The maximum absolute atomic E-state index is 12.5. The number of halogens is 1. The Morgan fingerprint density at radius 3 is 2.43 bits per heavy atom. The van der Waals surface area contributed by atoms with Crippen LogP contribution in [0.4, 0.5) is 0 Å². The van der Waals surface area contributed by atoms with Gasteiger partial charge in [-0.25, -0.2) is 8.42 Å². The average molecular weight is 361 g/mol. The van der Waals surface area contributed by atoms with Crippen molar-refractivity contribution in [1.82, 2.24) is 10.0 Å². The molecule has 7 heteroatoms. The Morgan fingerprint density at radius 1 is 1.26 bits per heavy atom. The zero-order chi connectivity index (χ0) is 17.6. The third-order valence-corrected chi connectivity index (χ3v) is 5.12. The highest BCUT2D eigenvalue weighted by molar-refractivity contribution is 7.89. The smallest absolute Gasteiger partial charge is 0.241 e. The van der Waals surface area contributed by atoms with Crippen LogP contribution in [-0.4, -0.2) is 26.4 Å². The summed E-state index contributed by atoms with van der Waals surface area (Å²) in [6.45, 7) is 7.54. The van der Waals surface area contributed by atoms with Crippen LogP contribution in [0.2, 0.25) is 5.02 Å². The Balaban J connectivity index is 2.93. The Hall–Kier alpha value is -1.11. The monoisotopic (exact) mass is 360 g/mol. The lowest BCUT2D eigenvalue weighted by Crippen LogP contribution is -2.51. The lowest BCUT2D eigenvalue weighted by Gasteiger charge is -2.24. The van der Waals surface area contributed by atoms with E-state index in [9.17, 15) is 13.2 Å². The standard InChI is InChI=1S/C16H25ClN2O3S/c1-5-7-12(4)18-16(20)15(11(2)3)19-23(21,22)14-9-6-8-13(17)10-14/h6,8-12,15,19H,5,7H2,1-4H3,(H,18,20)/t12?,15-/m0/s1.